The van der Waals surface area contributed by atoms with Gasteiger partial charge < -0.3 is 10.5 Å². The second-order valence-electron chi connectivity index (χ2n) is 3.25. The fourth-order valence-corrected chi connectivity index (χ4v) is 1.16. The normalized spacial score (nSPS) is 11.6. The predicted octanol–water partition coefficient (Wildman–Crippen LogP) is 2.40. The van der Waals surface area contributed by atoms with Gasteiger partial charge in [-0.1, -0.05) is 25.1 Å². The molecule has 0 radical (unpaired) electrons. The van der Waals surface area contributed by atoms with Crippen LogP contribution in [-0.4, -0.2) is 12.6 Å². The zero-order chi connectivity index (χ0) is 9.68. The Hall–Kier alpha value is -0.730. The number of rotatable bonds is 4. The molecule has 14 heavy (non-hydrogen) atoms. The number of nitrogens with two attached hydrogens (primary N) is 1. The largest absolute Gasteiger partial charge is 0.492 e. The lowest BCUT2D eigenvalue weighted by Gasteiger charge is -2.11. The molecule has 0 aromatic heterocycles. The molecule has 0 aliphatic heterocycles. The molecular formula is C11H18ClNO. The zero-order valence-electron chi connectivity index (χ0n) is 8.69. The molecule has 1 unspecified atom stereocenters. The van der Waals surface area contributed by atoms with Gasteiger partial charge >= 0.3 is 0 Å². The molecule has 0 saturated heterocycles. The summed E-state index contributed by atoms with van der Waals surface area (Å²) in [7, 11) is 0. The number of benzene rings is 1. The van der Waals surface area contributed by atoms with Crippen LogP contribution in [0.2, 0.25) is 0 Å². The Bertz CT molecular complexity index is 263. The third-order valence-corrected chi connectivity index (χ3v) is 1.86. The van der Waals surface area contributed by atoms with Crippen molar-refractivity contribution in [2.45, 2.75) is 26.3 Å². The Balaban J connectivity index is 0.00000169. The molecule has 0 aliphatic rings. The Labute approximate surface area is 91.9 Å². The van der Waals surface area contributed by atoms with E-state index in [-0.39, 0.29) is 18.4 Å². The zero-order valence-corrected chi connectivity index (χ0v) is 9.51. The summed E-state index contributed by atoms with van der Waals surface area (Å²) in [5.41, 5.74) is 6.85. The molecule has 2 nitrogen and oxygen atoms in total. The van der Waals surface area contributed by atoms with Crippen molar-refractivity contribution < 1.29 is 4.74 Å². The average molecular weight is 216 g/mol. The summed E-state index contributed by atoms with van der Waals surface area (Å²) in [5, 5.41) is 0. The number of halogens is 1. The number of para-hydroxylation sites is 1. The third-order valence-electron chi connectivity index (χ3n) is 1.86. The first-order valence-electron chi connectivity index (χ1n) is 4.70. The molecule has 1 rings (SSSR count). The minimum atomic E-state index is 0. The molecule has 0 saturated carbocycles. The third kappa shape index (κ3) is 3.99. The van der Waals surface area contributed by atoms with Gasteiger partial charge in [0.05, 0.1) is 0 Å². The summed E-state index contributed by atoms with van der Waals surface area (Å²) in [6.07, 6.45) is 0.995. The summed E-state index contributed by atoms with van der Waals surface area (Å²) in [5.74, 6) is 0.960. The van der Waals surface area contributed by atoms with E-state index in [9.17, 15) is 0 Å². The van der Waals surface area contributed by atoms with Gasteiger partial charge in [-0.15, -0.1) is 12.4 Å². The Morgan fingerprint density at radius 1 is 1.36 bits per heavy atom. The average Bonchev–Trinajstić information content (AvgIpc) is 2.15. The van der Waals surface area contributed by atoms with E-state index in [1.54, 1.807) is 0 Å². The van der Waals surface area contributed by atoms with Crippen molar-refractivity contribution in [3.05, 3.63) is 29.8 Å². The first-order chi connectivity index (χ1) is 6.24. The van der Waals surface area contributed by atoms with E-state index >= 15 is 0 Å². The fourth-order valence-electron chi connectivity index (χ4n) is 1.16. The lowest BCUT2D eigenvalue weighted by molar-refractivity contribution is 0.293. The Morgan fingerprint density at radius 3 is 2.57 bits per heavy atom. The second kappa shape index (κ2) is 6.68. The molecule has 0 spiro atoms. The predicted molar refractivity (Wildman–Crippen MR) is 62.2 cm³/mol. The summed E-state index contributed by atoms with van der Waals surface area (Å²) in [4.78, 5) is 0. The van der Waals surface area contributed by atoms with Gasteiger partial charge in [0.15, 0.2) is 0 Å². The molecule has 0 aliphatic carbocycles. The van der Waals surface area contributed by atoms with Crippen molar-refractivity contribution in [3.8, 4) is 5.75 Å². The van der Waals surface area contributed by atoms with Crippen LogP contribution in [-0.2, 0) is 6.42 Å². The highest BCUT2D eigenvalue weighted by Crippen LogP contribution is 2.17. The van der Waals surface area contributed by atoms with Crippen LogP contribution in [0.1, 0.15) is 19.4 Å². The lowest BCUT2D eigenvalue weighted by atomic mass is 10.1. The van der Waals surface area contributed by atoms with Gasteiger partial charge in [0, 0.05) is 6.04 Å². The van der Waals surface area contributed by atoms with Crippen molar-refractivity contribution in [2.24, 2.45) is 5.73 Å². The molecule has 1 aromatic rings. The van der Waals surface area contributed by atoms with E-state index in [1.165, 1.54) is 5.56 Å². The maximum atomic E-state index is 5.61. The second-order valence-corrected chi connectivity index (χ2v) is 3.25. The molecular weight excluding hydrogens is 198 g/mol. The highest BCUT2D eigenvalue weighted by atomic mass is 35.5. The summed E-state index contributed by atoms with van der Waals surface area (Å²) in [6, 6.07) is 8.16. The van der Waals surface area contributed by atoms with Crippen LogP contribution in [0.4, 0.5) is 0 Å². The summed E-state index contributed by atoms with van der Waals surface area (Å²) < 4.78 is 5.56. The van der Waals surface area contributed by atoms with Crippen LogP contribution in [0.25, 0.3) is 0 Å². The fraction of sp³-hybridized carbons (Fsp3) is 0.455. The maximum absolute atomic E-state index is 5.61. The van der Waals surface area contributed by atoms with E-state index < -0.39 is 0 Å². The highest BCUT2D eigenvalue weighted by molar-refractivity contribution is 5.85. The molecule has 2 N–H and O–H groups in total. The van der Waals surface area contributed by atoms with Crippen LogP contribution in [0.15, 0.2) is 24.3 Å². The maximum Gasteiger partial charge on any atom is 0.122 e. The molecule has 0 heterocycles. The van der Waals surface area contributed by atoms with Crippen LogP contribution in [0.5, 0.6) is 5.75 Å². The van der Waals surface area contributed by atoms with E-state index in [0.29, 0.717) is 6.61 Å². The molecule has 0 bridgehead atoms. The van der Waals surface area contributed by atoms with E-state index in [0.717, 1.165) is 12.2 Å². The summed E-state index contributed by atoms with van der Waals surface area (Å²) >= 11 is 0. The van der Waals surface area contributed by atoms with Gasteiger partial charge in [0.1, 0.15) is 12.4 Å². The molecule has 0 fully saturated rings. The van der Waals surface area contributed by atoms with Crippen molar-refractivity contribution in [1.82, 2.24) is 0 Å². The quantitative estimate of drug-likeness (QED) is 0.837. The monoisotopic (exact) mass is 215 g/mol. The van der Waals surface area contributed by atoms with E-state index in [4.69, 9.17) is 10.5 Å². The molecule has 80 valence electrons. The lowest BCUT2D eigenvalue weighted by Crippen LogP contribution is -2.23. The van der Waals surface area contributed by atoms with Crippen molar-refractivity contribution in [2.75, 3.05) is 6.61 Å². The topological polar surface area (TPSA) is 35.2 Å². The number of hydrogen-bond donors (Lipinski definition) is 1. The minimum Gasteiger partial charge on any atom is -0.492 e. The van der Waals surface area contributed by atoms with Crippen molar-refractivity contribution in [1.29, 1.82) is 0 Å². The molecule has 3 heteroatoms. The first-order valence-corrected chi connectivity index (χ1v) is 4.70. The van der Waals surface area contributed by atoms with Crippen molar-refractivity contribution in [3.63, 3.8) is 0 Å². The highest BCUT2D eigenvalue weighted by Gasteiger charge is 2.01. The molecule has 1 atom stereocenters. The van der Waals surface area contributed by atoms with E-state index in [2.05, 4.69) is 13.0 Å². The van der Waals surface area contributed by atoms with Crippen molar-refractivity contribution >= 4 is 12.4 Å². The minimum absolute atomic E-state index is 0. The first kappa shape index (κ1) is 13.3. The van der Waals surface area contributed by atoms with Gasteiger partial charge in [-0.25, -0.2) is 0 Å². The van der Waals surface area contributed by atoms with Gasteiger partial charge in [-0.05, 0) is 25.0 Å². The van der Waals surface area contributed by atoms with Gasteiger partial charge in [0.25, 0.3) is 0 Å². The van der Waals surface area contributed by atoms with Gasteiger partial charge in [-0.2, -0.15) is 0 Å². The van der Waals surface area contributed by atoms with E-state index in [1.807, 2.05) is 25.1 Å². The molecule has 1 aromatic carbocycles. The Morgan fingerprint density at radius 2 is 2.00 bits per heavy atom. The van der Waals surface area contributed by atoms with Crippen LogP contribution < -0.4 is 10.5 Å². The van der Waals surface area contributed by atoms with Crippen LogP contribution in [0, 0.1) is 0 Å². The standard InChI is InChI=1S/C11H17NO.ClH/c1-3-10-6-4-5-7-11(10)13-8-9(2)12;/h4-7,9H,3,8,12H2,1-2H3;1H. The summed E-state index contributed by atoms with van der Waals surface area (Å²) in [6.45, 7) is 4.64. The number of ether oxygens (including phenoxy) is 1. The molecule has 0 amide bonds. The van der Waals surface area contributed by atoms with Crippen LogP contribution in [0.3, 0.4) is 0 Å². The Kier molecular flexibility index (Phi) is 6.34. The SMILES string of the molecule is CCc1ccccc1OCC(C)N.Cl. The van der Waals surface area contributed by atoms with Crippen LogP contribution >= 0.6 is 12.4 Å². The number of aryl methyl sites for hydroxylation is 1. The number of hydrogen-bond acceptors (Lipinski definition) is 2. The smallest absolute Gasteiger partial charge is 0.122 e. The van der Waals surface area contributed by atoms with Gasteiger partial charge in [-0.3, -0.25) is 0 Å². The van der Waals surface area contributed by atoms with Gasteiger partial charge in [0.2, 0.25) is 0 Å².